The molecule has 1 aliphatic heterocycles. The Morgan fingerprint density at radius 1 is 0.882 bits per heavy atom. The standard InChI is InChI=1S/C27H25NO5S/c1-19-8-11-22(12-9-19)32-14-15-33-23-13-10-21(16-24(23)31-2)17-25-26(29)28(27(30)34-25)18-20-6-4-3-5-7-20/h3-13,16-17H,14-15,18H2,1-2H3/b25-17-. The predicted molar refractivity (Wildman–Crippen MR) is 133 cm³/mol. The van der Waals surface area contributed by atoms with Crippen LogP contribution in [0.4, 0.5) is 4.79 Å². The lowest BCUT2D eigenvalue weighted by atomic mass is 10.1. The maximum atomic E-state index is 12.8. The number of hydrogen-bond acceptors (Lipinski definition) is 6. The van der Waals surface area contributed by atoms with Crippen molar-refractivity contribution in [1.29, 1.82) is 0 Å². The summed E-state index contributed by atoms with van der Waals surface area (Å²) in [5, 5.41) is -0.277. The zero-order valence-corrected chi connectivity index (χ0v) is 19.8. The highest BCUT2D eigenvalue weighted by Crippen LogP contribution is 2.35. The third-order valence-electron chi connectivity index (χ3n) is 5.17. The van der Waals surface area contributed by atoms with E-state index in [0.29, 0.717) is 29.6 Å². The fraction of sp³-hybridized carbons (Fsp3) is 0.185. The molecular formula is C27H25NO5S. The van der Waals surface area contributed by atoms with Gasteiger partial charge in [0.15, 0.2) is 11.5 Å². The third kappa shape index (κ3) is 5.80. The van der Waals surface area contributed by atoms with Crippen LogP contribution in [0.5, 0.6) is 17.2 Å². The van der Waals surface area contributed by atoms with E-state index in [-0.39, 0.29) is 17.7 Å². The van der Waals surface area contributed by atoms with Crippen LogP contribution in [0, 0.1) is 6.92 Å². The minimum Gasteiger partial charge on any atom is -0.493 e. The number of nitrogens with zero attached hydrogens (tertiary/aromatic N) is 1. The molecular weight excluding hydrogens is 450 g/mol. The summed E-state index contributed by atoms with van der Waals surface area (Å²) >= 11 is 0.939. The van der Waals surface area contributed by atoms with Gasteiger partial charge < -0.3 is 14.2 Å². The van der Waals surface area contributed by atoms with E-state index < -0.39 is 0 Å². The molecule has 174 valence electrons. The lowest BCUT2D eigenvalue weighted by Gasteiger charge is -2.13. The van der Waals surface area contributed by atoms with E-state index >= 15 is 0 Å². The SMILES string of the molecule is COc1cc(/C=C2\SC(=O)N(Cc3ccccc3)C2=O)ccc1OCCOc1ccc(C)cc1. The van der Waals surface area contributed by atoms with Crippen LogP contribution < -0.4 is 14.2 Å². The van der Waals surface area contributed by atoms with E-state index in [1.807, 2.05) is 67.6 Å². The van der Waals surface area contributed by atoms with Crippen LogP contribution in [0.15, 0.2) is 77.7 Å². The molecule has 0 atom stereocenters. The molecule has 0 aliphatic carbocycles. The van der Waals surface area contributed by atoms with Crippen molar-refractivity contribution in [3.05, 3.63) is 94.4 Å². The summed E-state index contributed by atoms with van der Waals surface area (Å²) in [6, 6.07) is 22.7. The fourth-order valence-corrected chi connectivity index (χ4v) is 4.23. The molecule has 3 aromatic rings. The zero-order valence-electron chi connectivity index (χ0n) is 19.0. The summed E-state index contributed by atoms with van der Waals surface area (Å²) in [7, 11) is 1.56. The molecule has 34 heavy (non-hydrogen) atoms. The number of imide groups is 1. The average Bonchev–Trinajstić information content (AvgIpc) is 3.11. The predicted octanol–water partition coefficient (Wildman–Crippen LogP) is 5.70. The second-order valence-corrected chi connectivity index (χ2v) is 8.67. The third-order valence-corrected chi connectivity index (χ3v) is 6.08. The summed E-state index contributed by atoms with van der Waals surface area (Å²) in [5.74, 6) is 1.60. The number of methoxy groups -OCH3 is 1. The summed E-state index contributed by atoms with van der Waals surface area (Å²) in [5.41, 5.74) is 2.82. The molecule has 7 heteroatoms. The van der Waals surface area contributed by atoms with Crippen molar-refractivity contribution >= 4 is 29.0 Å². The molecule has 0 saturated carbocycles. The maximum Gasteiger partial charge on any atom is 0.293 e. The first-order valence-electron chi connectivity index (χ1n) is 10.8. The number of carbonyl (C=O) groups excluding carboxylic acids is 2. The van der Waals surface area contributed by atoms with E-state index in [4.69, 9.17) is 14.2 Å². The first-order valence-corrected chi connectivity index (χ1v) is 11.6. The zero-order chi connectivity index (χ0) is 23.9. The number of thioether (sulfide) groups is 1. The summed E-state index contributed by atoms with van der Waals surface area (Å²) in [6.07, 6.45) is 1.70. The molecule has 0 N–H and O–H groups in total. The van der Waals surface area contributed by atoms with Crippen molar-refractivity contribution in [3.8, 4) is 17.2 Å². The van der Waals surface area contributed by atoms with E-state index in [1.54, 1.807) is 25.3 Å². The molecule has 1 aliphatic rings. The van der Waals surface area contributed by atoms with Crippen LogP contribution in [-0.4, -0.2) is 36.4 Å². The number of ether oxygens (including phenoxy) is 3. The molecule has 2 amide bonds. The number of rotatable bonds is 9. The topological polar surface area (TPSA) is 65.1 Å². The highest BCUT2D eigenvalue weighted by Gasteiger charge is 2.35. The Hall–Kier alpha value is -3.71. The Morgan fingerprint density at radius 2 is 1.62 bits per heavy atom. The average molecular weight is 476 g/mol. The van der Waals surface area contributed by atoms with Gasteiger partial charge in [-0.05, 0) is 60.2 Å². The lowest BCUT2D eigenvalue weighted by molar-refractivity contribution is -0.123. The number of hydrogen-bond donors (Lipinski definition) is 0. The van der Waals surface area contributed by atoms with Crippen LogP contribution in [0.1, 0.15) is 16.7 Å². The van der Waals surface area contributed by atoms with Crippen LogP contribution >= 0.6 is 11.8 Å². The van der Waals surface area contributed by atoms with Crippen molar-refractivity contribution in [1.82, 2.24) is 4.90 Å². The minimum atomic E-state index is -0.300. The van der Waals surface area contributed by atoms with E-state index in [1.165, 1.54) is 10.5 Å². The quantitative estimate of drug-likeness (QED) is 0.292. The minimum absolute atomic E-state index is 0.254. The first-order chi connectivity index (χ1) is 16.5. The first kappa shape index (κ1) is 23.4. The smallest absolute Gasteiger partial charge is 0.293 e. The van der Waals surface area contributed by atoms with Gasteiger partial charge in [0.1, 0.15) is 19.0 Å². The molecule has 0 spiro atoms. The van der Waals surface area contributed by atoms with Gasteiger partial charge >= 0.3 is 0 Å². The Morgan fingerprint density at radius 3 is 2.35 bits per heavy atom. The Bertz CT molecular complexity index is 1190. The molecule has 0 radical (unpaired) electrons. The van der Waals surface area contributed by atoms with Crippen LogP contribution in [0.3, 0.4) is 0 Å². The summed E-state index contributed by atoms with van der Waals surface area (Å²) in [4.78, 5) is 26.8. The Kier molecular flexibility index (Phi) is 7.54. The van der Waals surface area contributed by atoms with Crippen molar-refractivity contribution in [2.75, 3.05) is 20.3 Å². The molecule has 0 aromatic heterocycles. The highest BCUT2D eigenvalue weighted by atomic mass is 32.2. The Balaban J connectivity index is 1.38. The molecule has 1 saturated heterocycles. The number of carbonyl (C=O) groups is 2. The number of aryl methyl sites for hydroxylation is 1. The van der Waals surface area contributed by atoms with E-state index in [9.17, 15) is 9.59 Å². The second kappa shape index (κ2) is 10.9. The molecule has 0 bridgehead atoms. The van der Waals surface area contributed by atoms with Crippen molar-refractivity contribution in [3.63, 3.8) is 0 Å². The summed E-state index contributed by atoms with van der Waals surface area (Å²) in [6.45, 7) is 3.02. The van der Waals surface area contributed by atoms with Crippen molar-refractivity contribution < 1.29 is 23.8 Å². The monoisotopic (exact) mass is 475 g/mol. The van der Waals surface area contributed by atoms with Crippen molar-refractivity contribution in [2.45, 2.75) is 13.5 Å². The molecule has 0 unspecified atom stereocenters. The fourth-order valence-electron chi connectivity index (χ4n) is 3.39. The van der Waals surface area contributed by atoms with Gasteiger partial charge in [-0.15, -0.1) is 0 Å². The van der Waals surface area contributed by atoms with Gasteiger partial charge in [-0.1, -0.05) is 54.1 Å². The normalized spacial score (nSPS) is 14.5. The maximum absolute atomic E-state index is 12.8. The van der Waals surface area contributed by atoms with Gasteiger partial charge in [-0.2, -0.15) is 0 Å². The van der Waals surface area contributed by atoms with Crippen LogP contribution in [-0.2, 0) is 11.3 Å². The van der Waals surface area contributed by atoms with Gasteiger partial charge in [0, 0.05) is 0 Å². The molecule has 1 heterocycles. The second-order valence-electron chi connectivity index (χ2n) is 7.67. The van der Waals surface area contributed by atoms with E-state index in [0.717, 1.165) is 28.6 Å². The highest BCUT2D eigenvalue weighted by molar-refractivity contribution is 8.18. The van der Waals surface area contributed by atoms with E-state index in [2.05, 4.69) is 0 Å². The molecule has 4 rings (SSSR count). The molecule has 1 fully saturated rings. The summed E-state index contributed by atoms with van der Waals surface area (Å²) < 4.78 is 17.0. The lowest BCUT2D eigenvalue weighted by Crippen LogP contribution is -2.27. The van der Waals surface area contributed by atoms with Gasteiger partial charge in [-0.3, -0.25) is 14.5 Å². The van der Waals surface area contributed by atoms with Gasteiger partial charge in [0.2, 0.25) is 0 Å². The Labute approximate surface area is 203 Å². The van der Waals surface area contributed by atoms with Gasteiger partial charge in [-0.25, -0.2) is 0 Å². The number of benzene rings is 3. The molecule has 6 nitrogen and oxygen atoms in total. The van der Waals surface area contributed by atoms with Crippen molar-refractivity contribution in [2.24, 2.45) is 0 Å². The number of amides is 2. The van der Waals surface area contributed by atoms with Crippen LogP contribution in [0.25, 0.3) is 6.08 Å². The van der Waals surface area contributed by atoms with Gasteiger partial charge in [0.05, 0.1) is 18.6 Å². The molecule has 3 aromatic carbocycles. The largest absolute Gasteiger partial charge is 0.493 e. The van der Waals surface area contributed by atoms with Crippen LogP contribution in [0.2, 0.25) is 0 Å². The van der Waals surface area contributed by atoms with Gasteiger partial charge in [0.25, 0.3) is 11.1 Å².